The molecule has 2 aromatic heterocycles. The second-order valence-corrected chi connectivity index (χ2v) is 15.5. The number of carbonyl (C=O) groups excluding carboxylic acids is 1. The molecular formula is C37H43F2N7O7S. The van der Waals surface area contributed by atoms with Crippen LogP contribution in [0.1, 0.15) is 59.5 Å². The molecular weight excluding hydrogens is 725 g/mol. The molecule has 5 heterocycles. The summed E-state index contributed by atoms with van der Waals surface area (Å²) in [4.78, 5) is 36.3. The van der Waals surface area contributed by atoms with Gasteiger partial charge in [0.05, 0.1) is 37.8 Å². The third-order valence-corrected chi connectivity index (χ3v) is 10.4. The molecule has 2 N–H and O–H groups in total. The van der Waals surface area contributed by atoms with Crippen molar-refractivity contribution in [3.05, 3.63) is 70.9 Å². The zero-order chi connectivity index (χ0) is 37.8. The Morgan fingerprint density at radius 3 is 2.50 bits per heavy atom. The zero-order valence-corrected chi connectivity index (χ0v) is 31.0. The van der Waals surface area contributed by atoms with Gasteiger partial charge in [-0.1, -0.05) is 6.07 Å². The Balaban J connectivity index is 1.11. The van der Waals surface area contributed by atoms with E-state index >= 15 is 8.78 Å². The summed E-state index contributed by atoms with van der Waals surface area (Å²) in [5.41, 5.74) is 5.23. The summed E-state index contributed by atoms with van der Waals surface area (Å²) in [6.07, 6.45) is 5.92. The van der Waals surface area contributed by atoms with Crippen LogP contribution in [0.4, 0.5) is 20.4 Å². The van der Waals surface area contributed by atoms with E-state index in [1.54, 1.807) is 18.2 Å². The smallest absolute Gasteiger partial charge is 0.275 e. The SMILES string of the molecule is COc1ncc(-c2nc(N3CCOCC3)nc3c(CN4CCC(c5ccc(C(=O)NOC6CCCCO6)cc5F)CC4)cc(F)cc23)cc1NS(C)(=O)=O. The number of amides is 1. The van der Waals surface area contributed by atoms with Gasteiger partial charge in [0.2, 0.25) is 21.9 Å². The van der Waals surface area contributed by atoms with Crippen LogP contribution >= 0.6 is 0 Å². The van der Waals surface area contributed by atoms with Crippen molar-refractivity contribution in [2.75, 3.05) is 69.0 Å². The van der Waals surface area contributed by atoms with Gasteiger partial charge in [0.15, 0.2) is 6.29 Å². The Kier molecular flexibility index (Phi) is 11.5. The highest BCUT2D eigenvalue weighted by Gasteiger charge is 2.27. The molecule has 0 bridgehead atoms. The number of fused-ring (bicyclic) bond motifs is 1. The molecule has 3 saturated heterocycles. The number of methoxy groups -OCH3 is 1. The van der Waals surface area contributed by atoms with E-state index in [1.165, 1.54) is 31.5 Å². The van der Waals surface area contributed by atoms with Gasteiger partial charge in [0.1, 0.15) is 17.3 Å². The highest BCUT2D eigenvalue weighted by Crippen LogP contribution is 2.36. The first-order valence-electron chi connectivity index (χ1n) is 18.0. The molecule has 2 aromatic carbocycles. The van der Waals surface area contributed by atoms with Crippen molar-refractivity contribution < 1.29 is 41.0 Å². The number of aromatic nitrogens is 3. The lowest BCUT2D eigenvalue weighted by atomic mass is 9.88. The average Bonchev–Trinajstić information content (AvgIpc) is 3.17. The lowest BCUT2D eigenvalue weighted by Crippen LogP contribution is -2.37. The average molecular weight is 768 g/mol. The monoisotopic (exact) mass is 767 g/mol. The molecule has 4 aromatic rings. The van der Waals surface area contributed by atoms with Gasteiger partial charge in [-0.25, -0.2) is 42.5 Å². The maximum atomic E-state index is 15.5. The van der Waals surface area contributed by atoms with Crippen LogP contribution in [-0.2, 0) is 30.9 Å². The number of likely N-dealkylation sites (tertiary alicyclic amines) is 1. The van der Waals surface area contributed by atoms with Gasteiger partial charge in [-0.2, -0.15) is 0 Å². The van der Waals surface area contributed by atoms with E-state index in [0.717, 1.165) is 19.1 Å². The summed E-state index contributed by atoms with van der Waals surface area (Å²) in [5.74, 6) is -1.02. The predicted octanol–water partition coefficient (Wildman–Crippen LogP) is 4.75. The molecule has 0 saturated carbocycles. The summed E-state index contributed by atoms with van der Waals surface area (Å²) in [6, 6.07) is 8.92. The number of ether oxygens (including phenoxy) is 3. The van der Waals surface area contributed by atoms with Crippen molar-refractivity contribution in [2.45, 2.75) is 50.9 Å². The van der Waals surface area contributed by atoms with Gasteiger partial charge in [-0.3, -0.25) is 14.4 Å². The second-order valence-electron chi connectivity index (χ2n) is 13.7. The minimum absolute atomic E-state index is 0.0614. The fourth-order valence-corrected chi connectivity index (χ4v) is 7.69. The maximum Gasteiger partial charge on any atom is 0.275 e. The molecule has 17 heteroatoms. The van der Waals surface area contributed by atoms with Gasteiger partial charge >= 0.3 is 0 Å². The summed E-state index contributed by atoms with van der Waals surface area (Å²) in [7, 11) is -2.29. The van der Waals surface area contributed by atoms with Crippen molar-refractivity contribution >= 4 is 38.5 Å². The third-order valence-electron chi connectivity index (χ3n) is 9.84. The lowest BCUT2D eigenvalue weighted by Gasteiger charge is -2.32. The van der Waals surface area contributed by atoms with E-state index in [1.807, 2.05) is 4.90 Å². The molecule has 0 radical (unpaired) electrons. The van der Waals surface area contributed by atoms with Gasteiger partial charge in [0, 0.05) is 55.4 Å². The summed E-state index contributed by atoms with van der Waals surface area (Å²) in [6.45, 7) is 4.31. The molecule has 3 fully saturated rings. The Morgan fingerprint density at radius 1 is 1.00 bits per heavy atom. The van der Waals surface area contributed by atoms with Crippen LogP contribution in [0, 0.1) is 11.6 Å². The standard InChI is InChI=1S/C37H43F2N7O7S/c1-50-36-31(44-54(2,48)49)19-25(21-40-36)33-29-20-27(38)17-26(34(29)42-37(41-33)46-12-15-51-16-13-46)22-45-10-8-23(9-11-45)28-7-6-24(18-30(28)39)35(47)43-53-32-5-3-4-14-52-32/h6-7,17-21,23,32,44H,3-5,8-16,22H2,1-2H3,(H,43,47). The van der Waals surface area contributed by atoms with Crippen LogP contribution in [-0.4, -0.2) is 99.8 Å². The minimum atomic E-state index is -3.68. The Morgan fingerprint density at radius 2 is 1.80 bits per heavy atom. The summed E-state index contributed by atoms with van der Waals surface area (Å²) >= 11 is 0. The number of benzene rings is 2. The number of carbonyl (C=O) groups is 1. The molecule has 288 valence electrons. The van der Waals surface area contributed by atoms with Crippen molar-refractivity contribution in [1.29, 1.82) is 0 Å². The zero-order valence-electron chi connectivity index (χ0n) is 30.1. The highest BCUT2D eigenvalue weighted by molar-refractivity contribution is 7.92. The van der Waals surface area contributed by atoms with Gasteiger partial charge in [-0.05, 0) is 86.1 Å². The normalized spacial score (nSPS) is 18.8. The van der Waals surface area contributed by atoms with E-state index in [4.69, 9.17) is 29.0 Å². The largest absolute Gasteiger partial charge is 0.480 e. The Labute approximate surface area is 312 Å². The van der Waals surface area contributed by atoms with Gasteiger partial charge < -0.3 is 19.1 Å². The third kappa shape index (κ3) is 8.87. The summed E-state index contributed by atoms with van der Waals surface area (Å²) in [5, 5.41) is 0.442. The van der Waals surface area contributed by atoms with Gasteiger partial charge in [-0.15, -0.1) is 0 Å². The first kappa shape index (κ1) is 37.8. The maximum absolute atomic E-state index is 15.5. The van der Waals surface area contributed by atoms with E-state index in [9.17, 15) is 13.2 Å². The van der Waals surface area contributed by atoms with Crippen LogP contribution in [0.5, 0.6) is 5.88 Å². The van der Waals surface area contributed by atoms with Crippen LogP contribution in [0.2, 0.25) is 0 Å². The van der Waals surface area contributed by atoms with Crippen LogP contribution < -0.4 is 19.8 Å². The molecule has 3 aliphatic rings. The molecule has 7 rings (SSSR count). The van der Waals surface area contributed by atoms with E-state index in [-0.39, 0.29) is 23.0 Å². The van der Waals surface area contributed by atoms with E-state index in [2.05, 4.69) is 20.1 Å². The first-order chi connectivity index (χ1) is 26.0. The van der Waals surface area contributed by atoms with Crippen LogP contribution in [0.25, 0.3) is 22.2 Å². The highest BCUT2D eigenvalue weighted by atomic mass is 32.2. The number of halogens is 2. The first-order valence-corrected chi connectivity index (χ1v) is 19.9. The molecule has 0 spiro atoms. The van der Waals surface area contributed by atoms with Gasteiger partial charge in [0.25, 0.3) is 5.91 Å². The summed E-state index contributed by atoms with van der Waals surface area (Å²) < 4.78 is 73.9. The number of hydroxylamine groups is 1. The Bertz CT molecular complexity index is 2110. The second kappa shape index (κ2) is 16.4. The lowest BCUT2D eigenvalue weighted by molar-refractivity contribution is -0.186. The van der Waals surface area contributed by atoms with Crippen molar-refractivity contribution in [2.24, 2.45) is 0 Å². The number of anilines is 2. The van der Waals surface area contributed by atoms with E-state index in [0.29, 0.717) is 111 Å². The number of nitrogens with zero attached hydrogens (tertiary/aromatic N) is 5. The number of morpholine rings is 1. The minimum Gasteiger partial charge on any atom is -0.480 e. The number of hydrogen-bond donors (Lipinski definition) is 2. The molecule has 54 heavy (non-hydrogen) atoms. The predicted molar refractivity (Wildman–Crippen MR) is 197 cm³/mol. The molecule has 3 aliphatic heterocycles. The molecule has 14 nitrogen and oxygen atoms in total. The van der Waals surface area contributed by atoms with E-state index < -0.39 is 33.9 Å². The fraction of sp³-hybridized carbons (Fsp3) is 0.459. The number of hydrogen-bond acceptors (Lipinski definition) is 12. The number of piperidine rings is 1. The fourth-order valence-electron chi connectivity index (χ4n) is 7.14. The Hall–Kier alpha value is -4.55. The number of sulfonamides is 1. The molecule has 1 atom stereocenters. The molecule has 1 unspecified atom stereocenters. The topological polar surface area (TPSA) is 157 Å². The van der Waals surface area contributed by atoms with Crippen LogP contribution in [0.3, 0.4) is 0 Å². The van der Waals surface area contributed by atoms with Crippen molar-refractivity contribution in [3.63, 3.8) is 0 Å². The molecule has 0 aliphatic carbocycles. The van der Waals surface area contributed by atoms with Crippen molar-refractivity contribution in [1.82, 2.24) is 25.3 Å². The number of nitrogens with one attached hydrogen (secondary N) is 2. The number of pyridine rings is 1. The quantitative estimate of drug-likeness (QED) is 0.202. The van der Waals surface area contributed by atoms with Crippen LogP contribution in [0.15, 0.2) is 42.6 Å². The molecule has 1 amide bonds. The van der Waals surface area contributed by atoms with Crippen molar-refractivity contribution in [3.8, 4) is 17.1 Å². The number of rotatable bonds is 11.